The highest BCUT2D eigenvalue weighted by Gasteiger charge is 2.57. The summed E-state index contributed by atoms with van der Waals surface area (Å²) < 4.78 is 0. The lowest BCUT2D eigenvalue weighted by molar-refractivity contribution is -0.147. The smallest absolute Gasteiger partial charge is 0.319 e. The number of rotatable bonds is 3. The van der Waals surface area contributed by atoms with Crippen LogP contribution < -0.4 is 5.32 Å². The van der Waals surface area contributed by atoms with Crippen molar-refractivity contribution in [1.82, 2.24) is 0 Å². The Morgan fingerprint density at radius 3 is 2.26 bits per heavy atom. The lowest BCUT2D eigenvalue weighted by Gasteiger charge is -2.23. The van der Waals surface area contributed by atoms with E-state index in [4.69, 9.17) is 5.11 Å². The number of carboxylic acid groups (broad SMARTS) is 1. The molecule has 1 aromatic carbocycles. The van der Waals surface area contributed by atoms with E-state index in [9.17, 15) is 9.59 Å². The van der Waals surface area contributed by atoms with Gasteiger partial charge in [-0.15, -0.1) is 0 Å². The molecule has 0 saturated heterocycles. The van der Waals surface area contributed by atoms with Crippen LogP contribution in [0.1, 0.15) is 39.2 Å². The van der Waals surface area contributed by atoms with Crippen LogP contribution in [0.15, 0.2) is 24.3 Å². The first-order chi connectivity index (χ1) is 8.77. The molecule has 1 aliphatic rings. The van der Waals surface area contributed by atoms with Crippen LogP contribution in [0.4, 0.5) is 5.69 Å². The maximum Gasteiger partial charge on any atom is 0.319 e. The molecule has 1 saturated carbocycles. The topological polar surface area (TPSA) is 66.4 Å². The van der Waals surface area contributed by atoms with Gasteiger partial charge in [0.2, 0.25) is 5.91 Å². The fourth-order valence-electron chi connectivity index (χ4n) is 2.15. The standard InChI is InChI=1S/C15H19NO3/c1-14(2,3)10-6-4-5-7-11(10)16-12(17)15(8-9-15)13(18)19/h4-7H,8-9H2,1-3H3,(H,16,17)(H,18,19). The third-order valence-corrected chi connectivity index (χ3v) is 3.58. The normalized spacial score (nSPS) is 16.8. The molecule has 0 aromatic heterocycles. The van der Waals surface area contributed by atoms with Crippen LogP contribution in [0, 0.1) is 5.41 Å². The number of hydrogen-bond donors (Lipinski definition) is 2. The van der Waals surface area contributed by atoms with Crippen molar-refractivity contribution in [2.45, 2.75) is 39.0 Å². The van der Waals surface area contributed by atoms with Gasteiger partial charge in [-0.3, -0.25) is 9.59 Å². The fraction of sp³-hybridized carbons (Fsp3) is 0.467. The minimum Gasteiger partial charge on any atom is -0.480 e. The van der Waals surface area contributed by atoms with E-state index >= 15 is 0 Å². The Balaban J connectivity index is 2.26. The van der Waals surface area contributed by atoms with Gasteiger partial charge in [0, 0.05) is 5.69 Å². The van der Waals surface area contributed by atoms with Gasteiger partial charge in [0.1, 0.15) is 5.41 Å². The third-order valence-electron chi connectivity index (χ3n) is 3.58. The minimum absolute atomic E-state index is 0.107. The quantitative estimate of drug-likeness (QED) is 0.822. The second-order valence-electron chi connectivity index (χ2n) is 6.14. The highest BCUT2D eigenvalue weighted by molar-refractivity contribution is 6.11. The molecule has 4 nitrogen and oxygen atoms in total. The summed E-state index contributed by atoms with van der Waals surface area (Å²) in [5.74, 6) is -1.44. The van der Waals surface area contributed by atoms with Crippen molar-refractivity contribution in [2.75, 3.05) is 5.32 Å². The van der Waals surface area contributed by atoms with Gasteiger partial charge < -0.3 is 10.4 Å². The summed E-state index contributed by atoms with van der Waals surface area (Å²) in [6.07, 6.45) is 0.845. The number of hydrogen-bond acceptors (Lipinski definition) is 2. The fourth-order valence-corrected chi connectivity index (χ4v) is 2.15. The average Bonchev–Trinajstić information content (AvgIpc) is 3.09. The van der Waals surface area contributed by atoms with E-state index in [-0.39, 0.29) is 5.41 Å². The first-order valence-electron chi connectivity index (χ1n) is 6.42. The van der Waals surface area contributed by atoms with Gasteiger partial charge in [-0.1, -0.05) is 39.0 Å². The van der Waals surface area contributed by atoms with Gasteiger partial charge in [0.05, 0.1) is 0 Å². The molecule has 2 rings (SSSR count). The molecule has 1 fully saturated rings. The van der Waals surface area contributed by atoms with E-state index in [0.29, 0.717) is 18.5 Å². The van der Waals surface area contributed by atoms with Crippen molar-refractivity contribution >= 4 is 17.6 Å². The molecule has 1 aliphatic carbocycles. The van der Waals surface area contributed by atoms with E-state index < -0.39 is 17.3 Å². The predicted molar refractivity (Wildman–Crippen MR) is 73.1 cm³/mol. The summed E-state index contributed by atoms with van der Waals surface area (Å²) in [7, 11) is 0. The Hall–Kier alpha value is -1.84. The van der Waals surface area contributed by atoms with Gasteiger partial charge in [-0.25, -0.2) is 0 Å². The van der Waals surface area contributed by atoms with E-state index in [1.54, 1.807) is 0 Å². The monoisotopic (exact) mass is 261 g/mol. The number of carboxylic acids is 1. The zero-order valence-corrected chi connectivity index (χ0v) is 11.5. The van der Waals surface area contributed by atoms with Gasteiger partial charge >= 0.3 is 5.97 Å². The van der Waals surface area contributed by atoms with Crippen molar-refractivity contribution in [2.24, 2.45) is 5.41 Å². The summed E-state index contributed by atoms with van der Waals surface area (Å²) in [5.41, 5.74) is 0.395. The number of carbonyl (C=O) groups is 2. The van der Waals surface area contributed by atoms with Crippen molar-refractivity contribution in [3.63, 3.8) is 0 Å². The molecule has 102 valence electrons. The summed E-state index contributed by atoms with van der Waals surface area (Å²) in [5, 5.41) is 11.9. The van der Waals surface area contributed by atoms with Crippen LogP contribution in [0.25, 0.3) is 0 Å². The summed E-state index contributed by atoms with van der Waals surface area (Å²) in [4.78, 5) is 23.3. The van der Waals surface area contributed by atoms with Crippen LogP contribution in [-0.2, 0) is 15.0 Å². The number of para-hydroxylation sites is 1. The van der Waals surface area contributed by atoms with Crippen molar-refractivity contribution in [3.8, 4) is 0 Å². The molecule has 0 spiro atoms. The number of benzene rings is 1. The molecule has 1 aromatic rings. The Morgan fingerprint density at radius 1 is 1.21 bits per heavy atom. The highest BCUT2D eigenvalue weighted by atomic mass is 16.4. The lowest BCUT2D eigenvalue weighted by atomic mass is 9.85. The number of amides is 1. The molecule has 0 heterocycles. The lowest BCUT2D eigenvalue weighted by Crippen LogP contribution is -2.32. The largest absolute Gasteiger partial charge is 0.480 e. The highest BCUT2D eigenvalue weighted by Crippen LogP contribution is 2.47. The Morgan fingerprint density at radius 2 is 1.79 bits per heavy atom. The predicted octanol–water partition coefficient (Wildman–Crippen LogP) is 2.79. The number of aliphatic carboxylic acids is 1. The van der Waals surface area contributed by atoms with E-state index in [2.05, 4.69) is 26.1 Å². The average molecular weight is 261 g/mol. The summed E-state index contributed by atoms with van der Waals surface area (Å²) in [6, 6.07) is 7.53. The summed E-state index contributed by atoms with van der Waals surface area (Å²) >= 11 is 0. The minimum atomic E-state index is -1.20. The molecule has 2 N–H and O–H groups in total. The molecule has 0 bridgehead atoms. The Labute approximate surface area is 112 Å². The van der Waals surface area contributed by atoms with Crippen molar-refractivity contribution < 1.29 is 14.7 Å². The zero-order valence-electron chi connectivity index (χ0n) is 11.5. The Kier molecular flexibility index (Phi) is 3.12. The first-order valence-corrected chi connectivity index (χ1v) is 6.42. The van der Waals surface area contributed by atoms with Crippen molar-refractivity contribution in [1.29, 1.82) is 0 Å². The first kappa shape index (κ1) is 13.6. The molecule has 4 heteroatoms. The van der Waals surface area contributed by atoms with E-state index in [0.717, 1.165) is 5.56 Å². The second-order valence-corrected chi connectivity index (χ2v) is 6.14. The van der Waals surface area contributed by atoms with Gasteiger partial charge in [0.15, 0.2) is 0 Å². The molecule has 0 unspecified atom stereocenters. The number of carbonyl (C=O) groups excluding carboxylic acids is 1. The maximum atomic E-state index is 12.1. The third kappa shape index (κ3) is 2.48. The van der Waals surface area contributed by atoms with Crippen molar-refractivity contribution in [3.05, 3.63) is 29.8 Å². The SMILES string of the molecule is CC(C)(C)c1ccccc1NC(=O)C1(C(=O)O)CC1. The van der Waals surface area contributed by atoms with E-state index in [1.165, 1.54) is 0 Å². The molecular weight excluding hydrogens is 242 g/mol. The van der Waals surface area contributed by atoms with Crippen LogP contribution in [0.2, 0.25) is 0 Å². The molecular formula is C15H19NO3. The molecule has 0 atom stereocenters. The van der Waals surface area contributed by atoms with Gasteiger partial charge in [-0.05, 0) is 29.9 Å². The molecule has 1 amide bonds. The van der Waals surface area contributed by atoms with E-state index in [1.807, 2.05) is 24.3 Å². The molecule has 0 aliphatic heterocycles. The van der Waals surface area contributed by atoms with Crippen LogP contribution in [0.5, 0.6) is 0 Å². The number of nitrogens with one attached hydrogen (secondary N) is 1. The molecule has 19 heavy (non-hydrogen) atoms. The maximum absolute atomic E-state index is 12.1. The molecule has 0 radical (unpaired) electrons. The van der Waals surface area contributed by atoms with Gasteiger partial charge in [0.25, 0.3) is 0 Å². The Bertz CT molecular complexity index is 524. The number of anilines is 1. The second kappa shape index (κ2) is 4.37. The van der Waals surface area contributed by atoms with Crippen LogP contribution in [0.3, 0.4) is 0 Å². The summed E-state index contributed by atoms with van der Waals surface area (Å²) in [6.45, 7) is 6.17. The van der Waals surface area contributed by atoms with Crippen LogP contribution in [-0.4, -0.2) is 17.0 Å². The zero-order chi connectivity index (χ0) is 14.3. The van der Waals surface area contributed by atoms with Crippen LogP contribution >= 0.6 is 0 Å². The van der Waals surface area contributed by atoms with Gasteiger partial charge in [-0.2, -0.15) is 0 Å².